The molecule has 7 heteroatoms. The van der Waals surface area contributed by atoms with E-state index in [1.54, 1.807) is 11.8 Å². The van der Waals surface area contributed by atoms with Gasteiger partial charge in [-0.25, -0.2) is 0 Å². The maximum atomic E-state index is 12.4. The molecule has 2 amide bonds. The number of hydrogen-bond acceptors (Lipinski definition) is 2. The molecule has 1 aliphatic heterocycles. The van der Waals surface area contributed by atoms with Crippen molar-refractivity contribution in [2.45, 2.75) is 45.5 Å². The minimum Gasteiger partial charge on any atom is -0.335 e. The molecule has 1 heterocycles. The van der Waals surface area contributed by atoms with Crippen molar-refractivity contribution in [3.63, 3.8) is 0 Å². The number of amides is 2. The van der Waals surface area contributed by atoms with Crippen LogP contribution in [0.15, 0.2) is 24.3 Å². The first-order valence-corrected chi connectivity index (χ1v) is 7.88. The zero-order valence-electron chi connectivity index (χ0n) is 13.8. The lowest BCUT2D eigenvalue weighted by Gasteiger charge is -2.39. The van der Waals surface area contributed by atoms with Gasteiger partial charge in [0, 0.05) is 26.1 Å². The molecule has 0 N–H and O–H groups in total. The lowest BCUT2D eigenvalue weighted by atomic mass is 10.1. The van der Waals surface area contributed by atoms with Gasteiger partial charge in [0.1, 0.15) is 6.04 Å². The molecule has 2 rings (SSSR count). The third-order valence-corrected chi connectivity index (χ3v) is 4.15. The van der Waals surface area contributed by atoms with Crippen LogP contribution >= 0.6 is 0 Å². The number of carbonyl (C=O) groups excluding carboxylic acids is 2. The van der Waals surface area contributed by atoms with Crippen LogP contribution in [0.1, 0.15) is 30.9 Å². The zero-order chi connectivity index (χ0) is 17.9. The predicted molar refractivity (Wildman–Crippen MR) is 83.1 cm³/mol. The molecular formula is C17H21F3N2O2. The fraction of sp³-hybridized carbons (Fsp3) is 0.529. The molecule has 0 saturated carbocycles. The maximum absolute atomic E-state index is 12.4. The molecule has 24 heavy (non-hydrogen) atoms. The second-order valence-corrected chi connectivity index (χ2v) is 6.13. The summed E-state index contributed by atoms with van der Waals surface area (Å²) in [6, 6.07) is 7.05. The third kappa shape index (κ3) is 4.72. The standard InChI is InChI=1S/C17H21F3N2O2/c1-12-4-3-5-14(10-12)11-21-8-9-22(13(2)16(21)24)15(23)6-7-17(18,19)20/h3-5,10,13H,6-9,11H2,1-2H3. The van der Waals surface area contributed by atoms with Crippen LogP contribution in [0.2, 0.25) is 0 Å². The minimum absolute atomic E-state index is 0.233. The van der Waals surface area contributed by atoms with E-state index in [0.717, 1.165) is 11.1 Å². The van der Waals surface area contributed by atoms with E-state index in [-0.39, 0.29) is 12.5 Å². The molecule has 132 valence electrons. The van der Waals surface area contributed by atoms with Gasteiger partial charge in [-0.3, -0.25) is 9.59 Å². The van der Waals surface area contributed by atoms with Crippen LogP contribution in [0.4, 0.5) is 13.2 Å². The number of benzene rings is 1. The van der Waals surface area contributed by atoms with Gasteiger partial charge in [-0.1, -0.05) is 29.8 Å². The number of rotatable bonds is 4. The minimum atomic E-state index is -4.37. The summed E-state index contributed by atoms with van der Waals surface area (Å²) >= 11 is 0. The quantitative estimate of drug-likeness (QED) is 0.844. The van der Waals surface area contributed by atoms with Crippen molar-refractivity contribution in [3.05, 3.63) is 35.4 Å². The smallest absolute Gasteiger partial charge is 0.335 e. The van der Waals surface area contributed by atoms with E-state index in [4.69, 9.17) is 0 Å². The molecule has 1 fully saturated rings. The number of nitrogens with zero attached hydrogens (tertiary/aromatic N) is 2. The summed E-state index contributed by atoms with van der Waals surface area (Å²) in [5.41, 5.74) is 2.08. The summed E-state index contributed by atoms with van der Waals surface area (Å²) in [4.78, 5) is 27.3. The molecule has 1 unspecified atom stereocenters. The van der Waals surface area contributed by atoms with E-state index in [2.05, 4.69) is 0 Å². The Hall–Kier alpha value is -2.05. The summed E-state index contributed by atoms with van der Waals surface area (Å²) in [5.74, 6) is -0.855. The second-order valence-electron chi connectivity index (χ2n) is 6.13. The number of aryl methyl sites for hydroxylation is 1. The Kier molecular flexibility index (Phi) is 5.51. The van der Waals surface area contributed by atoms with Gasteiger partial charge in [-0.2, -0.15) is 13.2 Å². The molecular weight excluding hydrogens is 321 g/mol. The van der Waals surface area contributed by atoms with E-state index in [1.165, 1.54) is 4.90 Å². The monoisotopic (exact) mass is 342 g/mol. The van der Waals surface area contributed by atoms with Gasteiger partial charge in [0.2, 0.25) is 11.8 Å². The average Bonchev–Trinajstić information content (AvgIpc) is 2.49. The van der Waals surface area contributed by atoms with E-state index in [9.17, 15) is 22.8 Å². The predicted octanol–water partition coefficient (Wildman–Crippen LogP) is 2.90. The molecule has 1 saturated heterocycles. The molecule has 1 aromatic carbocycles. The first-order valence-electron chi connectivity index (χ1n) is 7.88. The zero-order valence-corrected chi connectivity index (χ0v) is 13.8. The van der Waals surface area contributed by atoms with Crippen LogP contribution in [0, 0.1) is 6.92 Å². The van der Waals surface area contributed by atoms with Crippen molar-refractivity contribution in [3.8, 4) is 0 Å². The Balaban J connectivity index is 1.96. The number of halogens is 3. The highest BCUT2D eigenvalue weighted by Gasteiger charge is 2.36. The van der Waals surface area contributed by atoms with Gasteiger partial charge >= 0.3 is 6.18 Å². The number of hydrogen-bond donors (Lipinski definition) is 0. The van der Waals surface area contributed by atoms with E-state index < -0.39 is 31.0 Å². The Morgan fingerprint density at radius 3 is 2.62 bits per heavy atom. The normalized spacial score (nSPS) is 18.9. The van der Waals surface area contributed by atoms with Crippen molar-refractivity contribution < 1.29 is 22.8 Å². The van der Waals surface area contributed by atoms with Crippen molar-refractivity contribution in [1.82, 2.24) is 9.80 Å². The van der Waals surface area contributed by atoms with Gasteiger partial charge in [-0.15, -0.1) is 0 Å². The highest BCUT2D eigenvalue weighted by Crippen LogP contribution is 2.23. The highest BCUT2D eigenvalue weighted by atomic mass is 19.4. The fourth-order valence-corrected chi connectivity index (χ4v) is 2.85. The van der Waals surface area contributed by atoms with Crippen LogP contribution in [-0.2, 0) is 16.1 Å². The molecule has 1 aliphatic rings. The van der Waals surface area contributed by atoms with Crippen LogP contribution in [0.5, 0.6) is 0 Å². The Bertz CT molecular complexity index is 616. The van der Waals surface area contributed by atoms with Crippen molar-refractivity contribution >= 4 is 11.8 Å². The topological polar surface area (TPSA) is 40.6 Å². The largest absolute Gasteiger partial charge is 0.389 e. The summed E-state index contributed by atoms with van der Waals surface area (Å²) in [5, 5.41) is 0. The second kappa shape index (κ2) is 7.23. The molecule has 1 aromatic rings. The maximum Gasteiger partial charge on any atom is 0.389 e. The van der Waals surface area contributed by atoms with Gasteiger partial charge in [-0.05, 0) is 19.4 Å². The van der Waals surface area contributed by atoms with E-state index >= 15 is 0 Å². The van der Waals surface area contributed by atoms with Gasteiger partial charge in [0.25, 0.3) is 0 Å². The van der Waals surface area contributed by atoms with E-state index in [1.807, 2.05) is 31.2 Å². The number of piperazine rings is 1. The van der Waals surface area contributed by atoms with Crippen LogP contribution in [0.25, 0.3) is 0 Å². The Morgan fingerprint density at radius 2 is 2.00 bits per heavy atom. The number of alkyl halides is 3. The third-order valence-electron chi connectivity index (χ3n) is 4.15. The van der Waals surface area contributed by atoms with Crippen LogP contribution < -0.4 is 0 Å². The summed E-state index contributed by atoms with van der Waals surface area (Å²) in [6.45, 7) is 4.56. The highest BCUT2D eigenvalue weighted by molar-refractivity contribution is 5.88. The molecule has 0 aromatic heterocycles. The molecule has 0 radical (unpaired) electrons. The molecule has 0 aliphatic carbocycles. The van der Waals surface area contributed by atoms with Crippen LogP contribution in [-0.4, -0.2) is 46.9 Å². The van der Waals surface area contributed by atoms with Crippen molar-refractivity contribution in [2.24, 2.45) is 0 Å². The van der Waals surface area contributed by atoms with Crippen molar-refractivity contribution in [1.29, 1.82) is 0 Å². The molecule has 0 bridgehead atoms. The Labute approximate surface area is 139 Å². The Morgan fingerprint density at radius 1 is 1.29 bits per heavy atom. The first-order chi connectivity index (χ1) is 11.2. The van der Waals surface area contributed by atoms with Gasteiger partial charge < -0.3 is 9.80 Å². The van der Waals surface area contributed by atoms with Crippen LogP contribution in [0.3, 0.4) is 0 Å². The number of carbonyl (C=O) groups is 2. The fourth-order valence-electron chi connectivity index (χ4n) is 2.85. The summed E-state index contributed by atoms with van der Waals surface area (Å²) in [6.07, 6.45) is -6.13. The van der Waals surface area contributed by atoms with Crippen molar-refractivity contribution in [2.75, 3.05) is 13.1 Å². The van der Waals surface area contributed by atoms with Gasteiger partial charge in [0.15, 0.2) is 0 Å². The SMILES string of the molecule is Cc1cccc(CN2CCN(C(=O)CCC(F)(F)F)C(C)C2=O)c1. The lowest BCUT2D eigenvalue weighted by molar-refractivity contribution is -0.157. The summed E-state index contributed by atoms with van der Waals surface area (Å²) in [7, 11) is 0. The first kappa shape index (κ1) is 18.3. The molecule has 0 spiro atoms. The molecule has 4 nitrogen and oxygen atoms in total. The van der Waals surface area contributed by atoms with Gasteiger partial charge in [0.05, 0.1) is 6.42 Å². The lowest BCUT2D eigenvalue weighted by Crippen LogP contribution is -2.57. The summed E-state index contributed by atoms with van der Waals surface area (Å²) < 4.78 is 36.7. The van der Waals surface area contributed by atoms with E-state index in [0.29, 0.717) is 13.1 Å². The molecule has 1 atom stereocenters. The average molecular weight is 342 g/mol.